The average molecular weight is 512 g/mol. The summed E-state index contributed by atoms with van der Waals surface area (Å²) in [6.07, 6.45) is -0.759. The van der Waals surface area contributed by atoms with Crippen molar-refractivity contribution in [1.29, 1.82) is 0 Å². The lowest BCUT2D eigenvalue weighted by atomic mass is 10.1. The molecular formula is C26H49NO5Si2. The van der Waals surface area contributed by atoms with Crippen molar-refractivity contribution in [2.75, 3.05) is 20.3 Å². The van der Waals surface area contributed by atoms with Crippen molar-refractivity contribution < 1.29 is 23.1 Å². The van der Waals surface area contributed by atoms with Crippen LogP contribution in [0.25, 0.3) is 0 Å². The summed E-state index contributed by atoms with van der Waals surface area (Å²) in [6.45, 7) is 26.8. The lowest BCUT2D eigenvalue weighted by molar-refractivity contribution is 0.122. The van der Waals surface area contributed by atoms with Crippen molar-refractivity contribution in [1.82, 2.24) is 5.32 Å². The summed E-state index contributed by atoms with van der Waals surface area (Å²) in [5.74, 6) is 1.70. The highest BCUT2D eigenvalue weighted by Crippen LogP contribution is 2.43. The fourth-order valence-electron chi connectivity index (χ4n) is 2.63. The maximum atomic E-state index is 12.3. The molecule has 0 spiro atoms. The van der Waals surface area contributed by atoms with Crippen LogP contribution in [0, 0.1) is 5.92 Å². The molecule has 6 nitrogen and oxygen atoms in total. The van der Waals surface area contributed by atoms with E-state index in [-0.39, 0.29) is 22.1 Å². The molecular weight excluding hydrogens is 462 g/mol. The average Bonchev–Trinajstić information content (AvgIpc) is 2.67. The van der Waals surface area contributed by atoms with E-state index in [2.05, 4.69) is 73.0 Å². The van der Waals surface area contributed by atoms with Gasteiger partial charge in [-0.3, -0.25) is 0 Å². The maximum absolute atomic E-state index is 12.3. The van der Waals surface area contributed by atoms with E-state index >= 15 is 0 Å². The molecule has 8 heteroatoms. The third-order valence-electron chi connectivity index (χ3n) is 6.95. The minimum Gasteiger partial charge on any atom is -0.541 e. The van der Waals surface area contributed by atoms with Crippen LogP contribution in [0.2, 0.25) is 36.3 Å². The molecule has 0 aliphatic carbocycles. The second-order valence-electron chi connectivity index (χ2n) is 12.5. The van der Waals surface area contributed by atoms with Crippen LogP contribution in [-0.4, -0.2) is 43.0 Å². The molecule has 1 aromatic carbocycles. The molecule has 0 aliphatic heterocycles. The summed E-state index contributed by atoms with van der Waals surface area (Å²) in [5.41, 5.74) is 0.938. The summed E-state index contributed by atoms with van der Waals surface area (Å²) in [4.78, 5) is 12.3. The summed E-state index contributed by atoms with van der Waals surface area (Å²) in [6, 6.07) is 5.96. The third-order valence-corrected chi connectivity index (χ3v) is 15.8. The molecule has 1 amide bonds. The Hall–Kier alpha value is -1.52. The predicted octanol–water partition coefficient (Wildman–Crippen LogP) is 7.52. The zero-order valence-electron chi connectivity index (χ0n) is 23.8. The van der Waals surface area contributed by atoms with Gasteiger partial charge in [0.25, 0.3) is 8.32 Å². The van der Waals surface area contributed by atoms with E-state index in [1.54, 1.807) is 7.11 Å². The zero-order chi connectivity index (χ0) is 26.5. The highest BCUT2D eigenvalue weighted by Gasteiger charge is 2.41. The van der Waals surface area contributed by atoms with E-state index in [1.807, 2.05) is 32.0 Å². The molecule has 1 N–H and O–H groups in total. The molecule has 0 radical (unpaired) electrons. The van der Waals surface area contributed by atoms with E-state index in [4.69, 9.17) is 18.3 Å². The number of benzene rings is 1. The van der Waals surface area contributed by atoms with Crippen molar-refractivity contribution in [2.45, 2.75) is 97.8 Å². The van der Waals surface area contributed by atoms with Gasteiger partial charge in [-0.25, -0.2) is 4.79 Å². The van der Waals surface area contributed by atoms with Crippen LogP contribution >= 0.6 is 0 Å². The molecule has 1 rings (SSSR count). The number of alkyl carbamates (subject to hydrolysis) is 1. The van der Waals surface area contributed by atoms with Crippen LogP contribution < -0.4 is 14.5 Å². The Morgan fingerprint density at radius 2 is 1.50 bits per heavy atom. The number of nitrogens with one attached hydrogen (secondary N) is 1. The monoisotopic (exact) mass is 511 g/mol. The van der Waals surface area contributed by atoms with E-state index < -0.39 is 22.7 Å². The second-order valence-corrected chi connectivity index (χ2v) is 22.0. The van der Waals surface area contributed by atoms with Gasteiger partial charge in [0.05, 0.1) is 26.4 Å². The molecule has 0 aromatic heterocycles. The van der Waals surface area contributed by atoms with E-state index in [1.165, 1.54) is 0 Å². The SMILES string of the molecule is COc1cc(C(CNC(=O)OCC(C)C)O[Si](C)(C)C(C)(C)C)ccc1O[Si](C)(C)C(C)(C)C. The molecule has 0 aliphatic rings. The van der Waals surface area contributed by atoms with Crippen molar-refractivity contribution in [2.24, 2.45) is 5.92 Å². The second kappa shape index (κ2) is 11.5. The summed E-state index contributed by atoms with van der Waals surface area (Å²) >= 11 is 0. The number of carbonyl (C=O) groups is 1. The Morgan fingerprint density at radius 1 is 0.941 bits per heavy atom. The van der Waals surface area contributed by atoms with Gasteiger partial charge in [0.15, 0.2) is 14.1 Å². The summed E-state index contributed by atoms with van der Waals surface area (Å²) < 4.78 is 24.3. The first-order valence-electron chi connectivity index (χ1n) is 12.3. The van der Waals surface area contributed by atoms with E-state index in [0.29, 0.717) is 18.9 Å². The molecule has 0 saturated heterocycles. The summed E-state index contributed by atoms with van der Waals surface area (Å²) in [5, 5.41) is 2.99. The van der Waals surface area contributed by atoms with E-state index in [9.17, 15) is 4.79 Å². The first-order chi connectivity index (χ1) is 15.3. The molecule has 34 heavy (non-hydrogen) atoms. The fourth-order valence-corrected chi connectivity index (χ4v) is 4.94. The van der Waals surface area contributed by atoms with Gasteiger partial charge in [0.2, 0.25) is 0 Å². The minimum atomic E-state index is -2.12. The highest BCUT2D eigenvalue weighted by molar-refractivity contribution is 6.75. The lowest BCUT2D eigenvalue weighted by Crippen LogP contribution is -2.44. The zero-order valence-corrected chi connectivity index (χ0v) is 25.8. The molecule has 1 aromatic rings. The number of carbonyl (C=O) groups excluding carboxylic acids is 1. The Balaban J connectivity index is 3.25. The van der Waals surface area contributed by atoms with Crippen molar-refractivity contribution in [3.05, 3.63) is 23.8 Å². The smallest absolute Gasteiger partial charge is 0.407 e. The van der Waals surface area contributed by atoms with Crippen LogP contribution in [0.1, 0.15) is 67.1 Å². The molecule has 196 valence electrons. The van der Waals surface area contributed by atoms with Crippen LogP contribution in [0.15, 0.2) is 18.2 Å². The standard InChI is InChI=1S/C26H49NO5Si2/c1-19(2)18-30-24(28)27-17-23(32-34(12,13)26(6,7)8)20-14-15-21(22(16-20)29-9)31-33(10,11)25(3,4)5/h14-16,19,23H,17-18H2,1-13H3,(H,27,28). The molecule has 0 fully saturated rings. The van der Waals surface area contributed by atoms with Gasteiger partial charge in [0, 0.05) is 0 Å². The number of methoxy groups -OCH3 is 1. The molecule has 0 saturated carbocycles. The molecule has 1 atom stereocenters. The van der Waals surface area contributed by atoms with Gasteiger partial charge in [-0.1, -0.05) is 61.5 Å². The van der Waals surface area contributed by atoms with Crippen molar-refractivity contribution in [3.63, 3.8) is 0 Å². The minimum absolute atomic E-state index is 0.0267. The normalized spacial score (nSPS) is 14.1. The van der Waals surface area contributed by atoms with Gasteiger partial charge in [-0.15, -0.1) is 0 Å². The van der Waals surface area contributed by atoms with Crippen LogP contribution in [0.5, 0.6) is 11.5 Å². The van der Waals surface area contributed by atoms with Crippen LogP contribution in [-0.2, 0) is 9.16 Å². The lowest BCUT2D eigenvalue weighted by Gasteiger charge is -2.39. The molecule has 0 bridgehead atoms. The van der Waals surface area contributed by atoms with Gasteiger partial charge in [-0.2, -0.15) is 0 Å². The molecule has 1 unspecified atom stereocenters. The first-order valence-corrected chi connectivity index (χ1v) is 18.1. The van der Waals surface area contributed by atoms with Crippen LogP contribution in [0.3, 0.4) is 0 Å². The van der Waals surface area contributed by atoms with Crippen LogP contribution in [0.4, 0.5) is 4.79 Å². The molecule has 0 heterocycles. The van der Waals surface area contributed by atoms with Gasteiger partial charge < -0.3 is 23.6 Å². The maximum Gasteiger partial charge on any atom is 0.407 e. The highest BCUT2D eigenvalue weighted by atomic mass is 28.4. The van der Waals surface area contributed by atoms with Gasteiger partial charge in [0.1, 0.15) is 5.75 Å². The largest absolute Gasteiger partial charge is 0.541 e. The quantitative estimate of drug-likeness (QED) is 0.329. The Bertz CT molecular complexity index is 810. The Morgan fingerprint density at radius 3 is 1.97 bits per heavy atom. The number of hydrogen-bond acceptors (Lipinski definition) is 5. The van der Waals surface area contributed by atoms with E-state index in [0.717, 1.165) is 11.3 Å². The summed E-state index contributed by atoms with van der Waals surface area (Å²) in [7, 11) is -2.49. The predicted molar refractivity (Wildman–Crippen MR) is 146 cm³/mol. The van der Waals surface area contributed by atoms with Crippen molar-refractivity contribution >= 4 is 22.7 Å². The fraction of sp³-hybridized carbons (Fsp3) is 0.731. The third kappa shape index (κ3) is 8.61. The van der Waals surface area contributed by atoms with Gasteiger partial charge in [-0.05, 0) is 59.9 Å². The number of hydrogen-bond donors (Lipinski definition) is 1. The Kier molecular flexibility index (Phi) is 10.3. The first kappa shape index (κ1) is 30.5. The number of ether oxygens (including phenoxy) is 2. The number of amides is 1. The Labute approximate surface area is 210 Å². The topological polar surface area (TPSA) is 66.0 Å². The van der Waals surface area contributed by atoms with Crippen molar-refractivity contribution in [3.8, 4) is 11.5 Å². The number of rotatable bonds is 10. The van der Waals surface area contributed by atoms with Gasteiger partial charge >= 0.3 is 6.09 Å².